The highest BCUT2D eigenvalue weighted by atomic mass is 16.4. The monoisotopic (exact) mass is 334 g/mol. The topological polar surface area (TPSA) is 57.5 Å². The number of hydrogen-bond acceptors (Lipinski definition) is 2. The first kappa shape index (κ1) is 20.5. The molecule has 1 aromatic rings. The van der Waals surface area contributed by atoms with Gasteiger partial charge in [-0.15, -0.1) is 0 Å². The second-order valence-corrected chi connectivity index (χ2v) is 10.1. The van der Waals surface area contributed by atoms with Gasteiger partial charge >= 0.3 is 5.97 Å². The van der Waals surface area contributed by atoms with Gasteiger partial charge in [-0.3, -0.25) is 4.79 Å². The minimum absolute atomic E-state index is 0.278. The van der Waals surface area contributed by atoms with E-state index >= 15 is 0 Å². The molecule has 0 saturated carbocycles. The Balaban J connectivity index is 3.94. The summed E-state index contributed by atoms with van der Waals surface area (Å²) < 4.78 is 0. The Labute approximate surface area is 147 Å². The van der Waals surface area contributed by atoms with Gasteiger partial charge in [0.25, 0.3) is 0 Å². The van der Waals surface area contributed by atoms with Crippen LogP contribution in [0.25, 0.3) is 0 Å². The van der Waals surface area contributed by atoms with Crippen molar-refractivity contribution in [3.05, 3.63) is 28.8 Å². The molecule has 1 aromatic carbocycles. The van der Waals surface area contributed by atoms with Gasteiger partial charge in [0, 0.05) is 0 Å². The van der Waals surface area contributed by atoms with E-state index in [1.165, 1.54) is 0 Å². The Bertz CT molecular complexity index is 602. The number of aromatic hydroxyl groups is 1. The van der Waals surface area contributed by atoms with Crippen LogP contribution in [0.5, 0.6) is 5.75 Å². The summed E-state index contributed by atoms with van der Waals surface area (Å²) in [7, 11) is 0. The predicted octanol–water partition coefficient (Wildman–Crippen LogP) is 5.38. The van der Waals surface area contributed by atoms with Crippen LogP contribution < -0.4 is 0 Å². The predicted molar refractivity (Wildman–Crippen MR) is 99.9 cm³/mol. The lowest BCUT2D eigenvalue weighted by molar-refractivity contribution is -0.147. The zero-order valence-corrected chi connectivity index (χ0v) is 17.0. The van der Waals surface area contributed by atoms with Gasteiger partial charge in [-0.25, -0.2) is 0 Å². The van der Waals surface area contributed by atoms with Crippen molar-refractivity contribution in [2.24, 2.45) is 5.41 Å². The second kappa shape index (κ2) is 5.79. The van der Waals surface area contributed by atoms with Gasteiger partial charge in [0.05, 0.1) is 5.41 Å². The summed E-state index contributed by atoms with van der Waals surface area (Å²) in [5, 5.41) is 20.9. The summed E-state index contributed by atoms with van der Waals surface area (Å²) in [5.74, 6) is -0.569. The number of carboxylic acid groups (broad SMARTS) is 1. The van der Waals surface area contributed by atoms with Crippen LogP contribution in [-0.4, -0.2) is 16.2 Å². The third-order valence-electron chi connectivity index (χ3n) is 5.23. The van der Waals surface area contributed by atoms with Crippen LogP contribution in [0, 0.1) is 5.41 Å². The number of phenolic OH excluding ortho intramolecular Hbond substituents is 1. The smallest absolute Gasteiger partial charge is 0.314 e. The summed E-state index contributed by atoms with van der Waals surface area (Å²) in [6.07, 6.45) is 0. The van der Waals surface area contributed by atoms with Crippen LogP contribution in [-0.2, 0) is 21.0 Å². The van der Waals surface area contributed by atoms with Crippen LogP contribution in [0.4, 0.5) is 0 Å². The third kappa shape index (κ3) is 3.45. The minimum Gasteiger partial charge on any atom is -0.507 e. The Kier molecular flexibility index (Phi) is 4.95. The van der Waals surface area contributed by atoms with E-state index in [0.717, 1.165) is 16.7 Å². The molecule has 0 bridgehead atoms. The number of benzene rings is 1. The first-order valence-electron chi connectivity index (χ1n) is 8.56. The standard InChI is InChI=1S/C21H34O3/c1-18(2,3)14-11-13(12-15(16(14)22)19(4,5)6)21(10,17(23)24)20(7,8)9/h11-12,22H,1-10H3,(H,23,24). The lowest BCUT2D eigenvalue weighted by atomic mass is 9.62. The van der Waals surface area contributed by atoms with Crippen LogP contribution in [0.1, 0.15) is 85.9 Å². The van der Waals surface area contributed by atoms with Gasteiger partial charge in [0.15, 0.2) is 0 Å². The number of rotatable bonds is 2. The van der Waals surface area contributed by atoms with E-state index in [4.69, 9.17) is 0 Å². The van der Waals surface area contributed by atoms with Gasteiger partial charge < -0.3 is 10.2 Å². The maximum absolute atomic E-state index is 12.2. The Morgan fingerprint density at radius 3 is 1.33 bits per heavy atom. The van der Waals surface area contributed by atoms with Crippen molar-refractivity contribution in [1.29, 1.82) is 0 Å². The number of aliphatic carboxylic acids is 1. The van der Waals surface area contributed by atoms with Crippen LogP contribution >= 0.6 is 0 Å². The number of hydrogen-bond donors (Lipinski definition) is 2. The molecule has 0 saturated heterocycles. The van der Waals surface area contributed by atoms with Crippen LogP contribution in [0.3, 0.4) is 0 Å². The zero-order valence-electron chi connectivity index (χ0n) is 17.0. The molecule has 24 heavy (non-hydrogen) atoms. The molecule has 1 rings (SSSR count). The van der Waals surface area contributed by atoms with E-state index in [1.807, 2.05) is 74.4 Å². The highest BCUT2D eigenvalue weighted by molar-refractivity contribution is 5.82. The summed E-state index contributed by atoms with van der Waals surface area (Å²) in [6.45, 7) is 19.8. The van der Waals surface area contributed by atoms with E-state index in [1.54, 1.807) is 6.92 Å². The molecule has 0 aliphatic carbocycles. The van der Waals surface area contributed by atoms with E-state index < -0.39 is 16.8 Å². The largest absolute Gasteiger partial charge is 0.507 e. The Morgan fingerprint density at radius 1 is 0.792 bits per heavy atom. The van der Waals surface area contributed by atoms with Gasteiger partial charge in [-0.2, -0.15) is 0 Å². The van der Waals surface area contributed by atoms with Crippen molar-refractivity contribution in [1.82, 2.24) is 0 Å². The molecule has 0 amide bonds. The van der Waals surface area contributed by atoms with E-state index in [0.29, 0.717) is 0 Å². The molecule has 3 nitrogen and oxygen atoms in total. The molecule has 0 fully saturated rings. The van der Waals surface area contributed by atoms with Crippen molar-refractivity contribution in [3.63, 3.8) is 0 Å². The van der Waals surface area contributed by atoms with Crippen molar-refractivity contribution in [3.8, 4) is 5.75 Å². The molecule has 0 heterocycles. The average molecular weight is 335 g/mol. The summed E-state index contributed by atoms with van der Waals surface area (Å²) in [5.41, 5.74) is 0.244. The highest BCUT2D eigenvalue weighted by Crippen LogP contribution is 2.47. The molecule has 136 valence electrons. The Hall–Kier alpha value is -1.51. The molecule has 0 radical (unpaired) electrons. The molecule has 1 unspecified atom stereocenters. The highest BCUT2D eigenvalue weighted by Gasteiger charge is 2.47. The van der Waals surface area contributed by atoms with Crippen molar-refractivity contribution in [2.45, 2.75) is 85.5 Å². The van der Waals surface area contributed by atoms with Gasteiger partial charge in [0.2, 0.25) is 0 Å². The summed E-state index contributed by atoms with van der Waals surface area (Å²) >= 11 is 0. The maximum Gasteiger partial charge on any atom is 0.314 e. The Morgan fingerprint density at radius 2 is 1.12 bits per heavy atom. The second-order valence-electron chi connectivity index (χ2n) is 10.1. The van der Waals surface area contributed by atoms with Crippen molar-refractivity contribution >= 4 is 5.97 Å². The average Bonchev–Trinajstić information content (AvgIpc) is 2.33. The lowest BCUT2D eigenvalue weighted by Crippen LogP contribution is -2.45. The van der Waals surface area contributed by atoms with Gasteiger partial charge in [-0.1, -0.05) is 74.4 Å². The third-order valence-corrected chi connectivity index (χ3v) is 5.23. The molecule has 2 N–H and O–H groups in total. The molecule has 0 aliphatic rings. The molecular formula is C21H34O3. The molecule has 0 aromatic heterocycles. The quantitative estimate of drug-likeness (QED) is 0.764. The van der Waals surface area contributed by atoms with Gasteiger partial charge in [0.1, 0.15) is 5.75 Å². The number of carboxylic acids is 1. The lowest BCUT2D eigenvalue weighted by Gasteiger charge is -2.40. The molecule has 0 aliphatic heterocycles. The summed E-state index contributed by atoms with van der Waals surface area (Å²) in [4.78, 5) is 12.2. The molecule has 3 heteroatoms. The summed E-state index contributed by atoms with van der Waals surface area (Å²) in [6, 6.07) is 3.76. The van der Waals surface area contributed by atoms with Crippen LogP contribution in [0.15, 0.2) is 12.1 Å². The fourth-order valence-electron chi connectivity index (χ4n) is 2.94. The molecule has 1 atom stereocenters. The minimum atomic E-state index is -1.05. The maximum atomic E-state index is 12.2. The van der Waals surface area contributed by atoms with Crippen molar-refractivity contribution < 1.29 is 15.0 Å². The van der Waals surface area contributed by atoms with Gasteiger partial charge in [-0.05, 0) is 39.9 Å². The SMILES string of the molecule is CC(C)(C)c1cc(C(C)(C(=O)O)C(C)(C)C)cc(C(C)(C)C)c1O. The van der Waals surface area contributed by atoms with E-state index in [2.05, 4.69) is 0 Å². The van der Waals surface area contributed by atoms with Crippen LogP contribution in [0.2, 0.25) is 0 Å². The number of phenols is 1. The molecule has 0 spiro atoms. The van der Waals surface area contributed by atoms with E-state index in [9.17, 15) is 15.0 Å². The number of carbonyl (C=O) groups is 1. The molecular weight excluding hydrogens is 300 g/mol. The van der Waals surface area contributed by atoms with E-state index in [-0.39, 0.29) is 16.6 Å². The zero-order chi connectivity index (χ0) is 19.3. The first-order chi connectivity index (χ1) is 10.4. The fraction of sp³-hybridized carbons (Fsp3) is 0.667. The van der Waals surface area contributed by atoms with Crippen molar-refractivity contribution in [2.75, 3.05) is 0 Å². The normalized spacial score (nSPS) is 15.9. The first-order valence-corrected chi connectivity index (χ1v) is 8.56. The fourth-order valence-corrected chi connectivity index (χ4v) is 2.94.